The number of benzene rings is 1. The van der Waals surface area contributed by atoms with E-state index in [1.165, 1.54) is 0 Å². The number of aromatic amines is 1. The molecule has 0 aliphatic heterocycles. The molecule has 2 aromatic heterocycles. The fourth-order valence-electron chi connectivity index (χ4n) is 1.68. The van der Waals surface area contributed by atoms with Crippen molar-refractivity contribution < 1.29 is 0 Å². The van der Waals surface area contributed by atoms with Crippen molar-refractivity contribution in [3.63, 3.8) is 0 Å². The normalized spacial score (nSPS) is 11.1. The molecule has 4 heteroatoms. The van der Waals surface area contributed by atoms with Gasteiger partial charge in [-0.15, -0.1) is 0 Å². The molecule has 2 heterocycles. The fraction of sp³-hybridized carbons (Fsp3) is 0. The molecule has 1 aromatic carbocycles. The van der Waals surface area contributed by atoms with Gasteiger partial charge in [0.2, 0.25) is 0 Å². The van der Waals surface area contributed by atoms with Crippen LogP contribution < -0.4 is 5.73 Å². The number of anilines is 1. The zero-order valence-electron chi connectivity index (χ0n) is 7.36. The Kier molecular flexibility index (Phi) is 1.28. The van der Waals surface area contributed by atoms with Gasteiger partial charge in [0.25, 0.3) is 0 Å². The summed E-state index contributed by atoms with van der Waals surface area (Å²) < 4.78 is 0. The van der Waals surface area contributed by atoms with Crippen LogP contribution in [-0.2, 0) is 0 Å². The van der Waals surface area contributed by atoms with E-state index in [0.29, 0.717) is 5.82 Å². The standard InChI is InChI=1S/C10H8N4/c11-10-9-6-3-1-2-4-7(6)12-5-8(9)13-14-10/h1-5H,(H3,11,13,14). The summed E-state index contributed by atoms with van der Waals surface area (Å²) >= 11 is 0. The molecule has 0 aliphatic carbocycles. The SMILES string of the molecule is Nc1n[nH]c2cnc3ccccc3c12. The Morgan fingerprint density at radius 2 is 2.07 bits per heavy atom. The number of para-hydroxylation sites is 1. The average Bonchev–Trinajstić information content (AvgIpc) is 2.61. The van der Waals surface area contributed by atoms with Gasteiger partial charge in [-0.2, -0.15) is 5.10 Å². The summed E-state index contributed by atoms with van der Waals surface area (Å²) in [5, 5.41) is 8.79. The van der Waals surface area contributed by atoms with Crippen molar-refractivity contribution in [1.82, 2.24) is 15.2 Å². The number of nitrogens with zero attached hydrogens (tertiary/aromatic N) is 2. The number of hydrogen-bond acceptors (Lipinski definition) is 3. The molecule has 0 fully saturated rings. The van der Waals surface area contributed by atoms with E-state index in [9.17, 15) is 0 Å². The molecule has 4 nitrogen and oxygen atoms in total. The lowest BCUT2D eigenvalue weighted by Gasteiger charge is -1.97. The second-order valence-corrected chi connectivity index (χ2v) is 3.17. The summed E-state index contributed by atoms with van der Waals surface area (Å²) in [5.41, 5.74) is 7.59. The van der Waals surface area contributed by atoms with E-state index in [0.717, 1.165) is 21.8 Å². The maximum Gasteiger partial charge on any atom is 0.153 e. The molecule has 0 amide bonds. The summed E-state index contributed by atoms with van der Waals surface area (Å²) in [5.74, 6) is 0.526. The molecule has 0 bridgehead atoms. The fourth-order valence-corrected chi connectivity index (χ4v) is 1.68. The van der Waals surface area contributed by atoms with Crippen LogP contribution in [0.15, 0.2) is 30.5 Å². The second kappa shape index (κ2) is 2.45. The Balaban J connectivity index is 2.65. The van der Waals surface area contributed by atoms with Crippen LogP contribution in [0.4, 0.5) is 5.82 Å². The highest BCUT2D eigenvalue weighted by Crippen LogP contribution is 2.25. The van der Waals surface area contributed by atoms with Crippen LogP contribution in [0.25, 0.3) is 21.8 Å². The van der Waals surface area contributed by atoms with Crippen LogP contribution in [0.5, 0.6) is 0 Å². The van der Waals surface area contributed by atoms with Gasteiger partial charge in [-0.25, -0.2) is 0 Å². The predicted molar refractivity (Wildman–Crippen MR) is 55.8 cm³/mol. The zero-order chi connectivity index (χ0) is 9.54. The molecule has 0 saturated heterocycles. The highest BCUT2D eigenvalue weighted by molar-refractivity contribution is 6.09. The minimum absolute atomic E-state index is 0.526. The molecule has 68 valence electrons. The van der Waals surface area contributed by atoms with Crippen molar-refractivity contribution in [1.29, 1.82) is 0 Å². The summed E-state index contributed by atoms with van der Waals surface area (Å²) in [6.07, 6.45) is 1.75. The summed E-state index contributed by atoms with van der Waals surface area (Å²) in [7, 11) is 0. The molecule has 0 saturated carbocycles. The van der Waals surface area contributed by atoms with Crippen LogP contribution in [0.1, 0.15) is 0 Å². The number of nitrogens with two attached hydrogens (primary N) is 1. The quantitative estimate of drug-likeness (QED) is 0.558. The Morgan fingerprint density at radius 1 is 1.21 bits per heavy atom. The minimum Gasteiger partial charge on any atom is -0.382 e. The third-order valence-electron chi connectivity index (χ3n) is 2.33. The first-order valence-electron chi connectivity index (χ1n) is 4.33. The number of H-pyrrole nitrogens is 1. The van der Waals surface area contributed by atoms with Gasteiger partial charge in [0.1, 0.15) is 0 Å². The van der Waals surface area contributed by atoms with Crippen molar-refractivity contribution in [2.75, 3.05) is 5.73 Å². The lowest BCUT2D eigenvalue weighted by atomic mass is 10.1. The molecule has 0 radical (unpaired) electrons. The van der Waals surface area contributed by atoms with Gasteiger partial charge < -0.3 is 5.73 Å². The Hall–Kier alpha value is -2.10. The monoisotopic (exact) mass is 184 g/mol. The second-order valence-electron chi connectivity index (χ2n) is 3.17. The van der Waals surface area contributed by atoms with Crippen molar-refractivity contribution in [3.8, 4) is 0 Å². The van der Waals surface area contributed by atoms with Crippen molar-refractivity contribution in [3.05, 3.63) is 30.5 Å². The molecule has 0 atom stereocenters. The van der Waals surface area contributed by atoms with E-state index in [1.807, 2.05) is 24.3 Å². The van der Waals surface area contributed by atoms with Gasteiger partial charge in [0, 0.05) is 5.39 Å². The molecular formula is C10H8N4. The van der Waals surface area contributed by atoms with Gasteiger partial charge >= 0.3 is 0 Å². The van der Waals surface area contributed by atoms with E-state index in [-0.39, 0.29) is 0 Å². The lowest BCUT2D eigenvalue weighted by Crippen LogP contribution is -1.85. The highest BCUT2D eigenvalue weighted by Gasteiger charge is 2.06. The van der Waals surface area contributed by atoms with Crippen molar-refractivity contribution >= 4 is 27.6 Å². The summed E-state index contributed by atoms with van der Waals surface area (Å²) in [6, 6.07) is 7.88. The van der Waals surface area contributed by atoms with Crippen LogP contribution in [0.3, 0.4) is 0 Å². The third kappa shape index (κ3) is 0.821. The highest BCUT2D eigenvalue weighted by atomic mass is 15.2. The van der Waals surface area contributed by atoms with Gasteiger partial charge in [-0.1, -0.05) is 18.2 Å². The largest absolute Gasteiger partial charge is 0.382 e. The first kappa shape index (κ1) is 7.32. The number of pyridine rings is 1. The maximum atomic E-state index is 5.77. The van der Waals surface area contributed by atoms with Crippen molar-refractivity contribution in [2.24, 2.45) is 0 Å². The first-order valence-corrected chi connectivity index (χ1v) is 4.33. The maximum absolute atomic E-state index is 5.77. The molecule has 0 aliphatic rings. The van der Waals surface area contributed by atoms with Crippen molar-refractivity contribution in [2.45, 2.75) is 0 Å². The first-order chi connectivity index (χ1) is 6.86. The molecule has 3 aromatic rings. The van der Waals surface area contributed by atoms with Crippen LogP contribution in [0, 0.1) is 0 Å². The Morgan fingerprint density at radius 3 is 3.00 bits per heavy atom. The molecular weight excluding hydrogens is 176 g/mol. The van der Waals surface area contributed by atoms with Crippen LogP contribution in [-0.4, -0.2) is 15.2 Å². The number of rotatable bonds is 0. The van der Waals surface area contributed by atoms with E-state index in [2.05, 4.69) is 15.2 Å². The van der Waals surface area contributed by atoms with Gasteiger partial charge in [0.15, 0.2) is 5.82 Å². The smallest absolute Gasteiger partial charge is 0.153 e. The number of nitrogen functional groups attached to an aromatic ring is 1. The minimum atomic E-state index is 0.526. The van der Waals surface area contributed by atoms with Crippen LogP contribution in [0.2, 0.25) is 0 Å². The van der Waals surface area contributed by atoms with E-state index in [1.54, 1.807) is 6.20 Å². The van der Waals surface area contributed by atoms with Crippen LogP contribution >= 0.6 is 0 Å². The summed E-state index contributed by atoms with van der Waals surface area (Å²) in [4.78, 5) is 4.30. The summed E-state index contributed by atoms with van der Waals surface area (Å²) in [6.45, 7) is 0. The van der Waals surface area contributed by atoms with Gasteiger partial charge in [0.05, 0.1) is 22.6 Å². The topological polar surface area (TPSA) is 67.6 Å². The lowest BCUT2D eigenvalue weighted by molar-refractivity contribution is 1.12. The molecule has 14 heavy (non-hydrogen) atoms. The van der Waals surface area contributed by atoms with E-state index in [4.69, 9.17) is 5.73 Å². The predicted octanol–water partition coefficient (Wildman–Crippen LogP) is 1.69. The van der Waals surface area contributed by atoms with Gasteiger partial charge in [-0.05, 0) is 6.07 Å². The number of fused-ring (bicyclic) bond motifs is 3. The third-order valence-corrected chi connectivity index (χ3v) is 2.33. The number of hydrogen-bond donors (Lipinski definition) is 2. The molecule has 3 rings (SSSR count). The van der Waals surface area contributed by atoms with Gasteiger partial charge in [-0.3, -0.25) is 10.1 Å². The Labute approximate surface area is 79.8 Å². The molecule has 0 spiro atoms. The molecule has 0 unspecified atom stereocenters. The molecule has 3 N–H and O–H groups in total. The Bertz CT molecular complexity index is 612. The number of nitrogens with one attached hydrogen (secondary N) is 1. The van der Waals surface area contributed by atoms with E-state index >= 15 is 0 Å². The zero-order valence-corrected chi connectivity index (χ0v) is 7.36. The number of aromatic nitrogens is 3. The van der Waals surface area contributed by atoms with E-state index < -0.39 is 0 Å². The average molecular weight is 184 g/mol.